The van der Waals surface area contributed by atoms with Crippen LogP contribution in [0.4, 0.5) is 11.6 Å². The molecule has 0 fully saturated rings. The number of fused-ring (bicyclic) bond motifs is 1. The van der Waals surface area contributed by atoms with E-state index in [-0.39, 0.29) is 5.91 Å². The van der Waals surface area contributed by atoms with Crippen LogP contribution in [0, 0.1) is 0 Å². The Labute approximate surface area is 185 Å². The van der Waals surface area contributed by atoms with Gasteiger partial charge in [0, 0.05) is 11.4 Å². The molecule has 0 saturated carbocycles. The summed E-state index contributed by atoms with van der Waals surface area (Å²) in [6.07, 6.45) is 1.48. The number of allylic oxidation sites excluding steroid dienone is 1. The fourth-order valence-electron chi connectivity index (χ4n) is 3.79. The molecule has 32 heavy (non-hydrogen) atoms. The third-order valence-electron chi connectivity index (χ3n) is 5.22. The van der Waals surface area contributed by atoms with Crippen LogP contribution < -0.4 is 15.4 Å². The average Bonchev–Trinajstić information content (AvgIpc) is 3.27. The first-order chi connectivity index (χ1) is 15.7. The molecule has 0 radical (unpaired) electrons. The Bertz CT molecular complexity index is 1280. The van der Waals surface area contributed by atoms with E-state index < -0.39 is 6.04 Å². The van der Waals surface area contributed by atoms with Crippen molar-refractivity contribution in [2.45, 2.75) is 13.0 Å². The molecule has 1 amide bonds. The summed E-state index contributed by atoms with van der Waals surface area (Å²) in [6.45, 7) is 1.87. The standard InChI is InChI=1S/C25H21N5O2/c1-17-22(24(31)29-19-10-4-2-5-11-19)23(30-25(28-17)26-16-27-30)18-9-8-14-21(15-18)32-20-12-6-3-7-13-20/h2-16,23H,1H3,(H,29,31)(H,26,27,28)/t23-/m0/s1. The average molecular weight is 423 g/mol. The van der Waals surface area contributed by atoms with Crippen molar-refractivity contribution in [3.63, 3.8) is 0 Å². The minimum atomic E-state index is -0.461. The number of carbonyl (C=O) groups is 1. The Kier molecular flexibility index (Phi) is 5.13. The van der Waals surface area contributed by atoms with Crippen molar-refractivity contribution >= 4 is 17.5 Å². The molecule has 1 aromatic heterocycles. The van der Waals surface area contributed by atoms with Crippen molar-refractivity contribution in [1.82, 2.24) is 14.8 Å². The van der Waals surface area contributed by atoms with Crippen molar-refractivity contribution in [3.8, 4) is 11.5 Å². The summed E-state index contributed by atoms with van der Waals surface area (Å²) in [6, 6.07) is 26.2. The molecule has 7 nitrogen and oxygen atoms in total. The van der Waals surface area contributed by atoms with Crippen LogP contribution in [0.2, 0.25) is 0 Å². The van der Waals surface area contributed by atoms with Crippen LogP contribution in [-0.2, 0) is 4.79 Å². The van der Waals surface area contributed by atoms with Crippen molar-refractivity contribution < 1.29 is 9.53 Å². The van der Waals surface area contributed by atoms with Gasteiger partial charge in [-0.25, -0.2) is 4.68 Å². The van der Waals surface area contributed by atoms with Crippen molar-refractivity contribution in [1.29, 1.82) is 0 Å². The molecule has 1 aliphatic rings. The molecule has 0 unspecified atom stereocenters. The predicted octanol–water partition coefficient (Wildman–Crippen LogP) is 5.00. The molecule has 0 saturated heterocycles. The van der Waals surface area contributed by atoms with E-state index in [1.54, 1.807) is 4.68 Å². The second-order valence-electron chi connectivity index (χ2n) is 7.40. The normalized spacial score (nSPS) is 15.0. The Morgan fingerprint density at radius 2 is 1.69 bits per heavy atom. The number of ether oxygens (including phenoxy) is 1. The lowest BCUT2D eigenvalue weighted by atomic mass is 9.95. The summed E-state index contributed by atoms with van der Waals surface area (Å²) in [5.74, 6) is 1.79. The van der Waals surface area contributed by atoms with E-state index in [2.05, 4.69) is 20.7 Å². The molecule has 7 heteroatoms. The van der Waals surface area contributed by atoms with Crippen LogP contribution in [0.5, 0.6) is 11.5 Å². The minimum Gasteiger partial charge on any atom is -0.457 e. The van der Waals surface area contributed by atoms with E-state index in [1.165, 1.54) is 6.33 Å². The number of hydrogen-bond donors (Lipinski definition) is 2. The lowest BCUT2D eigenvalue weighted by Gasteiger charge is -2.29. The van der Waals surface area contributed by atoms with Gasteiger partial charge in [0.15, 0.2) is 0 Å². The van der Waals surface area contributed by atoms with Crippen LogP contribution >= 0.6 is 0 Å². The highest BCUT2D eigenvalue weighted by molar-refractivity contribution is 6.06. The van der Waals surface area contributed by atoms with E-state index in [9.17, 15) is 4.79 Å². The maximum absolute atomic E-state index is 13.4. The molecule has 0 spiro atoms. The Morgan fingerprint density at radius 3 is 2.47 bits per heavy atom. The number of amides is 1. The number of carbonyl (C=O) groups excluding carboxylic acids is 1. The van der Waals surface area contributed by atoms with Crippen molar-refractivity contribution in [2.24, 2.45) is 0 Å². The molecule has 0 bridgehead atoms. The zero-order valence-corrected chi connectivity index (χ0v) is 17.4. The summed E-state index contributed by atoms with van der Waals surface area (Å²) in [5.41, 5.74) is 2.87. The van der Waals surface area contributed by atoms with Gasteiger partial charge in [0.25, 0.3) is 5.91 Å². The number of rotatable bonds is 5. The first-order valence-corrected chi connectivity index (χ1v) is 10.3. The van der Waals surface area contributed by atoms with E-state index in [0.717, 1.165) is 22.7 Å². The number of hydrogen-bond acceptors (Lipinski definition) is 5. The molecule has 2 heterocycles. The van der Waals surface area contributed by atoms with Gasteiger partial charge in [-0.2, -0.15) is 10.1 Å². The fourth-order valence-corrected chi connectivity index (χ4v) is 3.79. The van der Waals surface area contributed by atoms with Gasteiger partial charge in [-0.15, -0.1) is 0 Å². The smallest absolute Gasteiger partial charge is 0.255 e. The number of para-hydroxylation sites is 2. The van der Waals surface area contributed by atoms with Gasteiger partial charge < -0.3 is 15.4 Å². The van der Waals surface area contributed by atoms with E-state index in [1.807, 2.05) is 91.9 Å². The molecule has 5 rings (SSSR count). The Balaban J connectivity index is 1.53. The molecular formula is C25H21N5O2. The topological polar surface area (TPSA) is 81.1 Å². The summed E-state index contributed by atoms with van der Waals surface area (Å²) in [5, 5.41) is 10.6. The van der Waals surface area contributed by atoms with Crippen LogP contribution in [0.25, 0.3) is 0 Å². The molecule has 3 aromatic carbocycles. The molecule has 1 atom stereocenters. The molecule has 0 aliphatic carbocycles. The summed E-state index contributed by atoms with van der Waals surface area (Å²) >= 11 is 0. The number of nitrogens with zero attached hydrogens (tertiary/aromatic N) is 3. The van der Waals surface area contributed by atoms with Crippen molar-refractivity contribution in [2.75, 3.05) is 10.6 Å². The van der Waals surface area contributed by atoms with Gasteiger partial charge in [-0.05, 0) is 48.9 Å². The van der Waals surface area contributed by atoms with E-state index in [0.29, 0.717) is 17.3 Å². The number of nitrogens with one attached hydrogen (secondary N) is 2. The second-order valence-corrected chi connectivity index (χ2v) is 7.40. The maximum atomic E-state index is 13.4. The van der Waals surface area contributed by atoms with Crippen LogP contribution in [0.1, 0.15) is 18.5 Å². The molecule has 2 N–H and O–H groups in total. The second kappa shape index (κ2) is 8.39. The van der Waals surface area contributed by atoms with E-state index in [4.69, 9.17) is 4.74 Å². The first-order valence-electron chi connectivity index (χ1n) is 10.3. The predicted molar refractivity (Wildman–Crippen MR) is 123 cm³/mol. The molecular weight excluding hydrogens is 402 g/mol. The van der Waals surface area contributed by atoms with Crippen molar-refractivity contribution in [3.05, 3.63) is 108 Å². The quantitative estimate of drug-likeness (QED) is 0.472. The number of benzene rings is 3. The van der Waals surface area contributed by atoms with Gasteiger partial charge in [0.2, 0.25) is 5.95 Å². The highest BCUT2D eigenvalue weighted by Gasteiger charge is 2.33. The zero-order valence-electron chi connectivity index (χ0n) is 17.4. The van der Waals surface area contributed by atoms with Gasteiger partial charge >= 0.3 is 0 Å². The summed E-state index contributed by atoms with van der Waals surface area (Å²) in [7, 11) is 0. The molecule has 4 aromatic rings. The first kappa shape index (κ1) is 19.6. The maximum Gasteiger partial charge on any atom is 0.255 e. The summed E-state index contributed by atoms with van der Waals surface area (Å²) < 4.78 is 7.74. The van der Waals surface area contributed by atoms with E-state index >= 15 is 0 Å². The minimum absolute atomic E-state index is 0.207. The highest BCUT2D eigenvalue weighted by Crippen LogP contribution is 2.36. The summed E-state index contributed by atoms with van der Waals surface area (Å²) in [4.78, 5) is 17.7. The molecule has 1 aliphatic heterocycles. The highest BCUT2D eigenvalue weighted by atomic mass is 16.5. The van der Waals surface area contributed by atoms with Crippen LogP contribution in [-0.4, -0.2) is 20.7 Å². The van der Waals surface area contributed by atoms with Crippen LogP contribution in [0.15, 0.2) is 103 Å². The number of aromatic nitrogens is 3. The molecule has 158 valence electrons. The van der Waals surface area contributed by atoms with Crippen LogP contribution in [0.3, 0.4) is 0 Å². The number of anilines is 2. The monoisotopic (exact) mass is 423 g/mol. The van der Waals surface area contributed by atoms with Gasteiger partial charge in [-0.3, -0.25) is 4.79 Å². The lowest BCUT2D eigenvalue weighted by Crippen LogP contribution is -2.31. The van der Waals surface area contributed by atoms with Gasteiger partial charge in [-0.1, -0.05) is 48.5 Å². The third-order valence-corrected chi connectivity index (χ3v) is 5.22. The lowest BCUT2D eigenvalue weighted by molar-refractivity contribution is -0.113. The van der Waals surface area contributed by atoms with Gasteiger partial charge in [0.1, 0.15) is 23.9 Å². The SMILES string of the molecule is CC1=C(C(=O)Nc2ccccc2)[C@H](c2cccc(Oc3ccccc3)c2)n2ncnc2N1. The van der Waals surface area contributed by atoms with Gasteiger partial charge in [0.05, 0.1) is 5.57 Å². The largest absolute Gasteiger partial charge is 0.457 e. The zero-order chi connectivity index (χ0) is 21.9. The third kappa shape index (κ3) is 3.83. The fraction of sp³-hybridized carbons (Fsp3) is 0.0800. The Hall–Kier alpha value is -4.39. The Morgan fingerprint density at radius 1 is 0.969 bits per heavy atom.